The predicted molar refractivity (Wildman–Crippen MR) is 108 cm³/mol. The van der Waals surface area contributed by atoms with E-state index in [9.17, 15) is 4.79 Å². The fourth-order valence-corrected chi connectivity index (χ4v) is 3.61. The third kappa shape index (κ3) is 3.95. The van der Waals surface area contributed by atoms with E-state index in [0.29, 0.717) is 33.1 Å². The van der Waals surface area contributed by atoms with Crippen LogP contribution in [0.2, 0.25) is 5.02 Å². The zero-order valence-corrected chi connectivity index (χ0v) is 16.3. The summed E-state index contributed by atoms with van der Waals surface area (Å²) in [6, 6.07) is 12.4. The lowest BCUT2D eigenvalue weighted by Gasteiger charge is -2.07. The summed E-state index contributed by atoms with van der Waals surface area (Å²) in [7, 11) is 0. The molecule has 0 fully saturated rings. The number of rotatable bonds is 6. The Labute approximate surface area is 169 Å². The molecule has 0 aliphatic rings. The number of carbonyl (C=O) groups excluding carboxylic acids is 1. The largest absolute Gasteiger partial charge is 0.484 e. The van der Waals surface area contributed by atoms with Crippen LogP contribution < -0.4 is 10.1 Å². The monoisotopic (exact) mass is 414 g/mol. The second-order valence-corrected chi connectivity index (χ2v) is 7.31. The second kappa shape index (κ2) is 7.92. The van der Waals surface area contributed by atoms with Crippen LogP contribution in [0, 0.1) is 6.92 Å². The first-order valence-electron chi connectivity index (χ1n) is 8.37. The van der Waals surface area contributed by atoms with Crippen LogP contribution in [0.15, 0.2) is 63.8 Å². The Morgan fingerprint density at radius 3 is 2.61 bits per heavy atom. The van der Waals surface area contributed by atoms with Crippen LogP contribution in [0.3, 0.4) is 0 Å². The summed E-state index contributed by atoms with van der Waals surface area (Å²) >= 11 is 7.30. The standard InChI is InChI=1S/C20H15ClN2O4S/c1-12-10-13(6-7-14(12)21)27-11-17(24)22-20-23-18(15-4-2-8-25-15)19(28-20)16-5-3-9-26-16/h2-10H,11H2,1H3,(H,22,23,24). The van der Waals surface area contributed by atoms with E-state index >= 15 is 0 Å². The summed E-state index contributed by atoms with van der Waals surface area (Å²) in [5.41, 5.74) is 1.49. The van der Waals surface area contributed by atoms with Gasteiger partial charge in [-0.1, -0.05) is 22.9 Å². The van der Waals surface area contributed by atoms with Crippen LogP contribution in [-0.2, 0) is 4.79 Å². The van der Waals surface area contributed by atoms with Crippen LogP contribution in [-0.4, -0.2) is 17.5 Å². The summed E-state index contributed by atoms with van der Waals surface area (Å²) in [6.07, 6.45) is 3.15. The maximum Gasteiger partial charge on any atom is 0.264 e. The van der Waals surface area contributed by atoms with Crippen molar-refractivity contribution >= 4 is 34.0 Å². The van der Waals surface area contributed by atoms with Gasteiger partial charge in [-0.15, -0.1) is 0 Å². The van der Waals surface area contributed by atoms with Gasteiger partial charge in [-0.05, 0) is 55.0 Å². The summed E-state index contributed by atoms with van der Waals surface area (Å²) in [6.45, 7) is 1.73. The van der Waals surface area contributed by atoms with Crippen molar-refractivity contribution in [2.75, 3.05) is 11.9 Å². The molecule has 3 heterocycles. The van der Waals surface area contributed by atoms with Crippen LogP contribution in [0.1, 0.15) is 5.56 Å². The van der Waals surface area contributed by atoms with E-state index < -0.39 is 0 Å². The number of thiazole rings is 1. The Morgan fingerprint density at radius 2 is 1.93 bits per heavy atom. The number of aromatic nitrogens is 1. The first-order valence-corrected chi connectivity index (χ1v) is 9.57. The Hall–Kier alpha value is -3.03. The number of furan rings is 2. The number of anilines is 1. The van der Waals surface area contributed by atoms with Gasteiger partial charge in [0.15, 0.2) is 17.5 Å². The van der Waals surface area contributed by atoms with E-state index in [0.717, 1.165) is 10.4 Å². The van der Waals surface area contributed by atoms with Gasteiger partial charge in [-0.3, -0.25) is 10.1 Å². The zero-order chi connectivity index (χ0) is 19.5. The Kier molecular flexibility index (Phi) is 5.18. The van der Waals surface area contributed by atoms with Gasteiger partial charge in [0.05, 0.1) is 12.5 Å². The second-order valence-electron chi connectivity index (χ2n) is 5.90. The third-order valence-corrected chi connectivity index (χ3v) is 5.28. The normalized spacial score (nSPS) is 10.8. The molecule has 1 amide bonds. The summed E-state index contributed by atoms with van der Waals surface area (Å²) in [5, 5.41) is 3.83. The van der Waals surface area contributed by atoms with E-state index in [2.05, 4.69) is 10.3 Å². The number of hydrogen-bond acceptors (Lipinski definition) is 6. The molecule has 0 radical (unpaired) electrons. The van der Waals surface area contributed by atoms with Gasteiger partial charge in [0, 0.05) is 5.02 Å². The van der Waals surface area contributed by atoms with Gasteiger partial charge in [0.2, 0.25) is 0 Å². The molecular formula is C20H15ClN2O4S. The smallest absolute Gasteiger partial charge is 0.264 e. The molecule has 0 unspecified atom stereocenters. The molecule has 8 heteroatoms. The molecule has 0 aliphatic carbocycles. The van der Waals surface area contributed by atoms with E-state index in [1.807, 2.05) is 13.0 Å². The number of amides is 1. The molecule has 4 aromatic rings. The molecule has 0 spiro atoms. The van der Waals surface area contributed by atoms with Crippen molar-refractivity contribution < 1.29 is 18.4 Å². The lowest BCUT2D eigenvalue weighted by atomic mass is 10.2. The molecule has 1 aromatic carbocycles. The average Bonchev–Trinajstić information content (AvgIpc) is 3.43. The molecule has 0 saturated carbocycles. The summed E-state index contributed by atoms with van der Waals surface area (Å²) in [4.78, 5) is 17.5. The quantitative estimate of drug-likeness (QED) is 0.441. The van der Waals surface area contributed by atoms with Gasteiger partial charge in [-0.2, -0.15) is 0 Å². The van der Waals surface area contributed by atoms with Crippen LogP contribution in [0.25, 0.3) is 22.1 Å². The molecule has 0 atom stereocenters. The van der Waals surface area contributed by atoms with E-state index in [1.54, 1.807) is 48.9 Å². The zero-order valence-electron chi connectivity index (χ0n) is 14.8. The Morgan fingerprint density at radius 1 is 1.18 bits per heavy atom. The fraction of sp³-hybridized carbons (Fsp3) is 0.100. The van der Waals surface area contributed by atoms with Crippen LogP contribution >= 0.6 is 22.9 Å². The van der Waals surface area contributed by atoms with E-state index in [-0.39, 0.29) is 12.5 Å². The summed E-state index contributed by atoms with van der Waals surface area (Å²) in [5.74, 6) is 1.50. The van der Waals surface area contributed by atoms with E-state index in [4.69, 9.17) is 25.2 Å². The number of ether oxygens (including phenoxy) is 1. The van der Waals surface area contributed by atoms with Gasteiger partial charge >= 0.3 is 0 Å². The molecule has 6 nitrogen and oxygen atoms in total. The lowest BCUT2D eigenvalue weighted by Crippen LogP contribution is -2.20. The molecule has 0 saturated heterocycles. The number of hydrogen-bond donors (Lipinski definition) is 1. The molecule has 28 heavy (non-hydrogen) atoms. The number of nitrogens with one attached hydrogen (secondary N) is 1. The molecule has 4 rings (SSSR count). The number of aryl methyl sites for hydroxylation is 1. The molecule has 1 N–H and O–H groups in total. The van der Waals surface area contributed by atoms with Crippen molar-refractivity contribution in [2.45, 2.75) is 6.92 Å². The number of nitrogens with zero attached hydrogens (tertiary/aromatic N) is 1. The molecule has 3 aromatic heterocycles. The van der Waals surface area contributed by atoms with Gasteiger partial charge in [0.1, 0.15) is 22.1 Å². The number of halogens is 1. The molecular weight excluding hydrogens is 400 g/mol. The SMILES string of the molecule is Cc1cc(OCC(=O)Nc2nc(-c3ccco3)c(-c3ccco3)s2)ccc1Cl. The Bertz CT molecular complexity index is 1040. The maximum atomic E-state index is 12.3. The van der Waals surface area contributed by atoms with E-state index in [1.165, 1.54) is 11.3 Å². The minimum atomic E-state index is -0.321. The minimum absolute atomic E-state index is 0.146. The van der Waals surface area contributed by atoms with Crippen molar-refractivity contribution in [3.8, 4) is 27.8 Å². The first kappa shape index (κ1) is 18.3. The fourth-order valence-electron chi connectivity index (χ4n) is 2.54. The highest BCUT2D eigenvalue weighted by Crippen LogP contribution is 2.39. The topological polar surface area (TPSA) is 77.5 Å². The van der Waals surface area contributed by atoms with Gasteiger partial charge in [0.25, 0.3) is 5.91 Å². The van der Waals surface area contributed by atoms with Crippen molar-refractivity contribution in [3.05, 3.63) is 65.6 Å². The summed E-state index contributed by atoms with van der Waals surface area (Å²) < 4.78 is 16.5. The van der Waals surface area contributed by atoms with Crippen LogP contribution in [0.4, 0.5) is 5.13 Å². The molecule has 0 bridgehead atoms. The maximum absolute atomic E-state index is 12.3. The van der Waals surface area contributed by atoms with Gasteiger partial charge < -0.3 is 13.6 Å². The van der Waals surface area contributed by atoms with Crippen molar-refractivity contribution in [2.24, 2.45) is 0 Å². The first-order chi connectivity index (χ1) is 13.6. The highest BCUT2D eigenvalue weighted by molar-refractivity contribution is 7.19. The number of carbonyl (C=O) groups is 1. The molecule has 0 aliphatic heterocycles. The van der Waals surface area contributed by atoms with Crippen molar-refractivity contribution in [1.82, 2.24) is 4.98 Å². The number of benzene rings is 1. The van der Waals surface area contributed by atoms with Crippen molar-refractivity contribution in [1.29, 1.82) is 0 Å². The third-order valence-electron chi connectivity index (χ3n) is 3.87. The lowest BCUT2D eigenvalue weighted by molar-refractivity contribution is -0.118. The van der Waals surface area contributed by atoms with Gasteiger partial charge in [-0.25, -0.2) is 4.98 Å². The van der Waals surface area contributed by atoms with Crippen molar-refractivity contribution in [3.63, 3.8) is 0 Å². The average molecular weight is 415 g/mol. The Balaban J connectivity index is 1.49. The highest BCUT2D eigenvalue weighted by Gasteiger charge is 2.20. The molecule has 142 valence electrons. The highest BCUT2D eigenvalue weighted by atomic mass is 35.5. The van der Waals surface area contributed by atoms with Crippen LogP contribution in [0.5, 0.6) is 5.75 Å². The minimum Gasteiger partial charge on any atom is -0.484 e. The predicted octanol–water partition coefficient (Wildman–Crippen LogP) is 5.64.